The van der Waals surface area contributed by atoms with Crippen molar-refractivity contribution in [3.05, 3.63) is 70.0 Å². The Bertz CT molecular complexity index is 1890. The van der Waals surface area contributed by atoms with Crippen LogP contribution in [0, 0.1) is 0 Å². The lowest BCUT2D eigenvalue weighted by molar-refractivity contribution is -0.166. The van der Waals surface area contributed by atoms with Crippen LogP contribution in [0.15, 0.2) is 53.5 Å². The third-order valence-electron chi connectivity index (χ3n) is 8.12. The predicted octanol–water partition coefficient (Wildman–Crippen LogP) is 0.881. The highest BCUT2D eigenvalue weighted by atomic mass is 32.2. The quantitative estimate of drug-likeness (QED) is 0.185. The molecule has 0 radical (unpaired) electrons. The zero-order valence-electron chi connectivity index (χ0n) is 25.6. The maximum absolute atomic E-state index is 14.2. The molecule has 16 heteroatoms. The lowest BCUT2D eigenvalue weighted by Crippen LogP contribution is -2.72. The molecule has 47 heavy (non-hydrogen) atoms. The molecule has 2 fully saturated rings. The Morgan fingerprint density at radius 3 is 2.36 bits per heavy atom. The SMILES string of the molecule is CC(=O)NC(C)C(=O)Nc1cccc2c(=O)c(C(=O)N(C(=O)C(N)c3ccc(O)cc3)[C@@H]3C(=O)N4[C@@H]3SC(C)(C)[C@@H]4C(=O)O)c[nH]c12. The molecule has 5 atom stereocenters. The maximum Gasteiger partial charge on any atom is 0.327 e. The van der Waals surface area contributed by atoms with Gasteiger partial charge >= 0.3 is 5.97 Å². The number of nitrogens with zero attached hydrogens (tertiary/aromatic N) is 2. The van der Waals surface area contributed by atoms with Crippen molar-refractivity contribution >= 4 is 63.9 Å². The molecular formula is C31H32N6O9S. The summed E-state index contributed by atoms with van der Waals surface area (Å²) in [5.41, 5.74) is 5.48. The van der Waals surface area contributed by atoms with E-state index in [1.165, 1.54) is 56.3 Å². The average Bonchev–Trinajstić information content (AvgIpc) is 3.26. The van der Waals surface area contributed by atoms with Gasteiger partial charge in [0.15, 0.2) is 0 Å². The number of phenolic OH excluding ortho intramolecular Hbond substituents is 1. The number of anilines is 1. The molecule has 2 aliphatic rings. The Kier molecular flexibility index (Phi) is 8.59. The third-order valence-corrected chi connectivity index (χ3v) is 9.67. The lowest BCUT2D eigenvalue weighted by Gasteiger charge is -2.47. The van der Waals surface area contributed by atoms with Gasteiger partial charge in [-0.15, -0.1) is 11.8 Å². The number of amides is 5. The molecule has 2 aliphatic heterocycles. The second-order valence-electron chi connectivity index (χ2n) is 11.8. The molecule has 0 spiro atoms. The van der Waals surface area contributed by atoms with E-state index in [-0.39, 0.29) is 27.9 Å². The Morgan fingerprint density at radius 2 is 1.74 bits per heavy atom. The molecule has 0 bridgehead atoms. The number of nitrogens with one attached hydrogen (secondary N) is 3. The number of aromatic amines is 1. The highest BCUT2D eigenvalue weighted by Gasteiger charge is 2.66. The molecular weight excluding hydrogens is 632 g/mol. The van der Waals surface area contributed by atoms with Crippen LogP contribution in [0.3, 0.4) is 0 Å². The van der Waals surface area contributed by atoms with Crippen molar-refractivity contribution < 1.29 is 39.0 Å². The number of thioether (sulfide) groups is 1. The Morgan fingerprint density at radius 1 is 1.09 bits per heavy atom. The molecule has 2 aromatic carbocycles. The molecule has 2 unspecified atom stereocenters. The number of β-lactam (4-membered cyclic amide) rings is 1. The third kappa shape index (κ3) is 5.81. The molecule has 2 saturated heterocycles. The number of para-hydroxylation sites is 1. The summed E-state index contributed by atoms with van der Waals surface area (Å²) in [7, 11) is 0. The van der Waals surface area contributed by atoms with Crippen molar-refractivity contribution in [2.75, 3.05) is 5.32 Å². The normalized spacial score (nSPS) is 20.8. The van der Waals surface area contributed by atoms with Gasteiger partial charge in [-0.2, -0.15) is 0 Å². The second-order valence-corrected chi connectivity index (χ2v) is 13.6. The number of H-pyrrole nitrogens is 1. The van der Waals surface area contributed by atoms with Crippen LogP contribution in [0.5, 0.6) is 5.75 Å². The van der Waals surface area contributed by atoms with Crippen LogP contribution in [0.4, 0.5) is 5.69 Å². The summed E-state index contributed by atoms with van der Waals surface area (Å²) in [6, 6.07) is 4.59. The standard InChI is InChI=1S/C31H32N6O9S/c1-13(34-14(2)38)25(41)35-19-7-5-6-17-21(19)33-12-18(23(17)40)26(42)36(27(43)20(32)15-8-10-16(39)11-9-15)22-28(44)37-24(30(45)46)31(3,4)47-29(22)37/h5-13,20,22,24,29,39H,32H2,1-4H3,(H,33,40)(H,34,38)(H,35,41)(H,45,46)/t13?,20?,22-,24+,29-/m1/s1. The van der Waals surface area contributed by atoms with Crippen LogP contribution < -0.4 is 21.8 Å². The molecule has 3 heterocycles. The van der Waals surface area contributed by atoms with Gasteiger partial charge in [-0.25, -0.2) is 4.79 Å². The number of fused-ring (bicyclic) bond motifs is 2. The molecule has 0 aliphatic carbocycles. The monoisotopic (exact) mass is 664 g/mol. The van der Waals surface area contributed by atoms with Crippen LogP contribution >= 0.6 is 11.8 Å². The number of hydrogen-bond donors (Lipinski definition) is 6. The van der Waals surface area contributed by atoms with Crippen molar-refractivity contribution in [3.63, 3.8) is 0 Å². The molecule has 0 saturated carbocycles. The molecule has 5 amide bonds. The summed E-state index contributed by atoms with van der Waals surface area (Å²) in [5.74, 6) is -5.30. The van der Waals surface area contributed by atoms with Gasteiger partial charge in [-0.3, -0.25) is 33.7 Å². The zero-order valence-corrected chi connectivity index (χ0v) is 26.5. The minimum Gasteiger partial charge on any atom is -0.508 e. The van der Waals surface area contributed by atoms with Crippen LogP contribution in [-0.4, -0.2) is 88.7 Å². The van der Waals surface area contributed by atoms with E-state index in [1.807, 2.05) is 0 Å². The van der Waals surface area contributed by atoms with Crippen molar-refractivity contribution in [1.29, 1.82) is 0 Å². The Labute approximate surface area is 271 Å². The van der Waals surface area contributed by atoms with Gasteiger partial charge < -0.3 is 36.5 Å². The minimum atomic E-state index is -1.50. The number of phenols is 1. The number of nitrogens with two attached hydrogens (primary N) is 1. The first-order valence-electron chi connectivity index (χ1n) is 14.4. The van der Waals surface area contributed by atoms with Gasteiger partial charge in [0.25, 0.3) is 17.7 Å². The molecule has 246 valence electrons. The van der Waals surface area contributed by atoms with Gasteiger partial charge in [0.2, 0.25) is 17.2 Å². The van der Waals surface area contributed by atoms with E-state index < -0.39 is 80.8 Å². The van der Waals surface area contributed by atoms with Crippen molar-refractivity contribution in [3.8, 4) is 5.75 Å². The minimum absolute atomic E-state index is 0.0278. The number of aromatic nitrogens is 1. The van der Waals surface area contributed by atoms with Crippen LogP contribution in [0.1, 0.15) is 49.7 Å². The van der Waals surface area contributed by atoms with E-state index in [2.05, 4.69) is 15.6 Å². The van der Waals surface area contributed by atoms with Gasteiger partial charge in [-0.05, 0) is 50.6 Å². The number of carbonyl (C=O) groups excluding carboxylic acids is 5. The maximum atomic E-state index is 14.2. The second kappa shape index (κ2) is 12.2. The first-order chi connectivity index (χ1) is 22.0. The zero-order chi connectivity index (χ0) is 34.5. The summed E-state index contributed by atoms with van der Waals surface area (Å²) >= 11 is 1.11. The van der Waals surface area contributed by atoms with E-state index in [1.54, 1.807) is 13.8 Å². The van der Waals surface area contributed by atoms with Gasteiger partial charge in [-0.1, -0.05) is 18.2 Å². The van der Waals surface area contributed by atoms with Crippen molar-refractivity contribution in [2.24, 2.45) is 5.73 Å². The number of benzene rings is 2. The summed E-state index contributed by atoms with van der Waals surface area (Å²) in [6.45, 7) is 6.00. The molecule has 1 aromatic heterocycles. The number of hydrogen-bond acceptors (Lipinski definition) is 10. The molecule has 7 N–H and O–H groups in total. The number of carboxylic acid groups (broad SMARTS) is 1. The summed E-state index contributed by atoms with van der Waals surface area (Å²) in [6.07, 6.45) is 1.05. The number of carbonyl (C=O) groups is 6. The predicted molar refractivity (Wildman–Crippen MR) is 170 cm³/mol. The van der Waals surface area contributed by atoms with Crippen LogP contribution in [0.2, 0.25) is 0 Å². The summed E-state index contributed by atoms with van der Waals surface area (Å²) in [4.78, 5) is 96.3. The number of aliphatic carboxylic acids is 1. The fourth-order valence-electron chi connectivity index (χ4n) is 5.82. The molecule has 5 rings (SSSR count). The van der Waals surface area contributed by atoms with Gasteiger partial charge in [0.05, 0.1) is 11.2 Å². The van der Waals surface area contributed by atoms with E-state index >= 15 is 0 Å². The van der Waals surface area contributed by atoms with Crippen molar-refractivity contribution in [2.45, 2.75) is 62.0 Å². The summed E-state index contributed by atoms with van der Waals surface area (Å²) < 4.78 is -0.976. The number of imide groups is 1. The van der Waals surface area contributed by atoms with Crippen LogP contribution in [-0.2, 0) is 24.0 Å². The number of pyridine rings is 1. The number of aromatic hydroxyl groups is 1. The highest BCUT2D eigenvalue weighted by molar-refractivity contribution is 8.01. The van der Waals surface area contributed by atoms with Crippen LogP contribution in [0.25, 0.3) is 10.9 Å². The fraction of sp³-hybridized carbons (Fsp3) is 0.323. The van der Waals surface area contributed by atoms with E-state index in [0.717, 1.165) is 22.9 Å². The summed E-state index contributed by atoms with van der Waals surface area (Å²) in [5, 5.41) is 23.7. The lowest BCUT2D eigenvalue weighted by atomic mass is 9.94. The average molecular weight is 665 g/mol. The first kappa shape index (κ1) is 33.2. The Hall–Kier alpha value is -5.22. The first-order valence-corrected chi connectivity index (χ1v) is 15.3. The molecule has 15 nitrogen and oxygen atoms in total. The van der Waals surface area contributed by atoms with Crippen molar-refractivity contribution in [1.82, 2.24) is 20.1 Å². The smallest absolute Gasteiger partial charge is 0.327 e. The molecule has 3 aromatic rings. The van der Waals surface area contributed by atoms with Gasteiger partial charge in [0.1, 0.15) is 40.9 Å². The Balaban J connectivity index is 1.55. The van der Waals surface area contributed by atoms with E-state index in [0.29, 0.717) is 4.90 Å². The van der Waals surface area contributed by atoms with E-state index in [4.69, 9.17) is 5.73 Å². The number of rotatable bonds is 8. The van der Waals surface area contributed by atoms with E-state index in [9.17, 15) is 43.8 Å². The largest absolute Gasteiger partial charge is 0.508 e. The number of carboxylic acids is 1. The fourth-order valence-corrected chi connectivity index (χ4v) is 7.50. The van der Waals surface area contributed by atoms with Gasteiger partial charge in [0, 0.05) is 23.3 Å². The highest BCUT2D eigenvalue weighted by Crippen LogP contribution is 2.52. The topological polar surface area (TPSA) is 232 Å².